The molecule has 2 rings (SSSR count). The Kier molecular flexibility index (Phi) is 4.91. The third-order valence-electron chi connectivity index (χ3n) is 3.76. The first-order chi connectivity index (χ1) is 10.5. The number of anilines is 1. The molecular formula is C18H24N2O2. The molecule has 0 aliphatic rings. The summed E-state index contributed by atoms with van der Waals surface area (Å²) in [4.78, 5) is 4.48. The lowest BCUT2D eigenvalue weighted by Crippen LogP contribution is -2.28. The predicted octanol–water partition coefficient (Wildman–Crippen LogP) is 3.80. The van der Waals surface area contributed by atoms with Gasteiger partial charge in [-0.25, -0.2) is 4.98 Å². The number of methoxy groups -OCH3 is 2. The summed E-state index contributed by atoms with van der Waals surface area (Å²) >= 11 is 0. The third-order valence-corrected chi connectivity index (χ3v) is 3.76. The minimum atomic E-state index is -0.0645. The molecule has 0 spiro atoms. The highest BCUT2D eigenvalue weighted by molar-refractivity contribution is 5.46. The maximum absolute atomic E-state index is 5.39. The van der Waals surface area contributed by atoms with E-state index in [4.69, 9.17) is 9.47 Å². The molecule has 2 aromatic rings. The summed E-state index contributed by atoms with van der Waals surface area (Å²) in [5.74, 6) is 2.39. The molecule has 22 heavy (non-hydrogen) atoms. The maximum atomic E-state index is 5.39. The summed E-state index contributed by atoms with van der Waals surface area (Å²) in [5, 5.41) is 3.41. The van der Waals surface area contributed by atoms with Crippen LogP contribution in [-0.2, 0) is 5.41 Å². The van der Waals surface area contributed by atoms with Crippen molar-refractivity contribution in [3.63, 3.8) is 0 Å². The highest BCUT2D eigenvalue weighted by atomic mass is 16.5. The van der Waals surface area contributed by atoms with Crippen LogP contribution in [0.2, 0.25) is 0 Å². The van der Waals surface area contributed by atoms with Crippen LogP contribution in [-0.4, -0.2) is 25.7 Å². The second kappa shape index (κ2) is 6.69. The first-order valence-electron chi connectivity index (χ1n) is 7.36. The summed E-state index contributed by atoms with van der Waals surface area (Å²) in [6, 6.07) is 12.0. The van der Waals surface area contributed by atoms with Crippen molar-refractivity contribution in [2.24, 2.45) is 0 Å². The van der Waals surface area contributed by atoms with Crippen LogP contribution in [0.4, 0.5) is 5.82 Å². The molecule has 0 aliphatic carbocycles. The van der Waals surface area contributed by atoms with E-state index in [1.807, 2.05) is 37.3 Å². The molecule has 1 heterocycles. The summed E-state index contributed by atoms with van der Waals surface area (Å²) < 4.78 is 10.7. The molecule has 0 bridgehead atoms. The molecule has 0 saturated heterocycles. The minimum Gasteiger partial charge on any atom is -0.493 e. The van der Waals surface area contributed by atoms with Crippen molar-refractivity contribution < 1.29 is 9.47 Å². The largest absolute Gasteiger partial charge is 0.493 e. The van der Waals surface area contributed by atoms with Gasteiger partial charge in [-0.15, -0.1) is 0 Å². The molecule has 0 fully saturated rings. The topological polar surface area (TPSA) is 43.4 Å². The molecule has 0 unspecified atom stereocenters. The lowest BCUT2D eigenvalue weighted by atomic mass is 9.84. The standard InChI is InChI=1S/C18H24N2O2/c1-13-7-6-8-17(20-13)19-12-18(2,3)14-9-10-15(21-4)16(11-14)22-5/h6-11H,12H2,1-5H3,(H,19,20). The zero-order valence-electron chi connectivity index (χ0n) is 13.9. The fourth-order valence-electron chi connectivity index (χ4n) is 2.31. The molecule has 0 radical (unpaired) electrons. The van der Waals surface area contributed by atoms with E-state index in [0.29, 0.717) is 0 Å². The Bertz CT molecular complexity index is 639. The van der Waals surface area contributed by atoms with E-state index in [9.17, 15) is 0 Å². The smallest absolute Gasteiger partial charge is 0.161 e. The van der Waals surface area contributed by atoms with Crippen LogP contribution < -0.4 is 14.8 Å². The summed E-state index contributed by atoms with van der Waals surface area (Å²) in [7, 11) is 3.30. The quantitative estimate of drug-likeness (QED) is 0.881. The van der Waals surface area contributed by atoms with Crippen molar-refractivity contribution in [2.45, 2.75) is 26.2 Å². The number of nitrogens with one attached hydrogen (secondary N) is 1. The molecule has 1 N–H and O–H groups in total. The Labute approximate surface area is 132 Å². The molecular weight excluding hydrogens is 276 g/mol. The van der Waals surface area contributed by atoms with Crippen LogP contribution in [0.3, 0.4) is 0 Å². The molecule has 0 aliphatic heterocycles. The van der Waals surface area contributed by atoms with Crippen molar-refractivity contribution in [2.75, 3.05) is 26.1 Å². The van der Waals surface area contributed by atoms with E-state index in [-0.39, 0.29) is 5.41 Å². The first-order valence-corrected chi connectivity index (χ1v) is 7.36. The van der Waals surface area contributed by atoms with E-state index in [1.54, 1.807) is 14.2 Å². The van der Waals surface area contributed by atoms with Crippen LogP contribution in [0.5, 0.6) is 11.5 Å². The van der Waals surface area contributed by atoms with Crippen molar-refractivity contribution in [1.82, 2.24) is 4.98 Å². The number of benzene rings is 1. The zero-order valence-corrected chi connectivity index (χ0v) is 13.9. The van der Waals surface area contributed by atoms with Gasteiger partial charge in [0.05, 0.1) is 14.2 Å². The highest BCUT2D eigenvalue weighted by Gasteiger charge is 2.22. The molecule has 0 saturated carbocycles. The fraction of sp³-hybridized carbons (Fsp3) is 0.389. The number of ether oxygens (including phenoxy) is 2. The van der Waals surface area contributed by atoms with Gasteiger partial charge >= 0.3 is 0 Å². The average molecular weight is 300 g/mol. The molecule has 1 aromatic heterocycles. The molecule has 0 amide bonds. The zero-order chi connectivity index (χ0) is 16.2. The van der Waals surface area contributed by atoms with Gasteiger partial charge in [-0.05, 0) is 36.8 Å². The van der Waals surface area contributed by atoms with Gasteiger partial charge in [-0.3, -0.25) is 0 Å². The molecule has 4 heteroatoms. The normalized spacial score (nSPS) is 11.1. The molecule has 4 nitrogen and oxygen atoms in total. The SMILES string of the molecule is COc1ccc(C(C)(C)CNc2cccc(C)n2)cc1OC. The van der Waals surface area contributed by atoms with Crippen molar-refractivity contribution >= 4 is 5.82 Å². The monoisotopic (exact) mass is 300 g/mol. The van der Waals surface area contributed by atoms with E-state index >= 15 is 0 Å². The van der Waals surface area contributed by atoms with Crippen LogP contribution in [0, 0.1) is 6.92 Å². The van der Waals surface area contributed by atoms with E-state index in [2.05, 4.69) is 30.2 Å². The van der Waals surface area contributed by atoms with Crippen LogP contribution in [0.15, 0.2) is 36.4 Å². The van der Waals surface area contributed by atoms with Gasteiger partial charge in [0.25, 0.3) is 0 Å². The van der Waals surface area contributed by atoms with Gasteiger partial charge in [0.2, 0.25) is 0 Å². The number of nitrogens with zero attached hydrogens (tertiary/aromatic N) is 1. The van der Waals surface area contributed by atoms with Gasteiger partial charge in [0.15, 0.2) is 11.5 Å². The van der Waals surface area contributed by atoms with Crippen molar-refractivity contribution in [1.29, 1.82) is 0 Å². The van der Waals surface area contributed by atoms with E-state index in [0.717, 1.165) is 29.6 Å². The van der Waals surface area contributed by atoms with Gasteiger partial charge in [0, 0.05) is 17.7 Å². The number of aromatic nitrogens is 1. The van der Waals surface area contributed by atoms with Gasteiger partial charge in [-0.1, -0.05) is 26.0 Å². The third kappa shape index (κ3) is 3.70. The Morgan fingerprint density at radius 3 is 2.41 bits per heavy atom. The summed E-state index contributed by atoms with van der Waals surface area (Å²) in [5.41, 5.74) is 2.13. The number of rotatable bonds is 6. The number of pyridine rings is 1. The van der Waals surface area contributed by atoms with Crippen LogP contribution in [0.1, 0.15) is 25.1 Å². The second-order valence-electron chi connectivity index (χ2n) is 5.97. The maximum Gasteiger partial charge on any atom is 0.161 e. The van der Waals surface area contributed by atoms with E-state index < -0.39 is 0 Å². The van der Waals surface area contributed by atoms with Gasteiger partial charge in [0.1, 0.15) is 5.82 Å². The molecule has 0 atom stereocenters. The first kappa shape index (κ1) is 16.1. The molecule has 118 valence electrons. The number of aryl methyl sites for hydroxylation is 1. The number of hydrogen-bond donors (Lipinski definition) is 1. The van der Waals surface area contributed by atoms with Crippen molar-refractivity contribution in [3.05, 3.63) is 47.7 Å². The summed E-state index contributed by atoms with van der Waals surface area (Å²) in [6.45, 7) is 7.15. The fourth-order valence-corrected chi connectivity index (χ4v) is 2.31. The van der Waals surface area contributed by atoms with Gasteiger partial charge < -0.3 is 14.8 Å². The molecule has 1 aromatic carbocycles. The lowest BCUT2D eigenvalue weighted by Gasteiger charge is -2.27. The predicted molar refractivity (Wildman–Crippen MR) is 90.0 cm³/mol. The van der Waals surface area contributed by atoms with Crippen LogP contribution in [0.25, 0.3) is 0 Å². The summed E-state index contributed by atoms with van der Waals surface area (Å²) in [6.07, 6.45) is 0. The second-order valence-corrected chi connectivity index (χ2v) is 5.97. The lowest BCUT2D eigenvalue weighted by molar-refractivity contribution is 0.353. The Morgan fingerprint density at radius 2 is 1.77 bits per heavy atom. The van der Waals surface area contributed by atoms with Gasteiger partial charge in [-0.2, -0.15) is 0 Å². The Morgan fingerprint density at radius 1 is 1.05 bits per heavy atom. The number of hydrogen-bond acceptors (Lipinski definition) is 4. The van der Waals surface area contributed by atoms with Crippen LogP contribution >= 0.6 is 0 Å². The van der Waals surface area contributed by atoms with Crippen molar-refractivity contribution in [3.8, 4) is 11.5 Å². The Balaban J connectivity index is 2.15. The minimum absolute atomic E-state index is 0.0645. The average Bonchev–Trinajstić information content (AvgIpc) is 2.52. The Hall–Kier alpha value is -2.23. The van der Waals surface area contributed by atoms with E-state index in [1.165, 1.54) is 5.56 Å². The highest BCUT2D eigenvalue weighted by Crippen LogP contribution is 2.33.